The highest BCUT2D eigenvalue weighted by molar-refractivity contribution is 5.91. The summed E-state index contributed by atoms with van der Waals surface area (Å²) in [5.74, 6) is -0.359. The van der Waals surface area contributed by atoms with E-state index in [1.54, 1.807) is 4.68 Å². The number of fused-ring (bicyclic) bond motifs is 1. The lowest BCUT2D eigenvalue weighted by Crippen LogP contribution is -1.96. The maximum Gasteiger partial charge on any atom is 0.337 e. The molecular formula is C13H13N5O2. The van der Waals surface area contributed by atoms with Gasteiger partial charge in [-0.25, -0.2) is 14.8 Å². The number of hydrogen-bond donors (Lipinski definition) is 2. The molecule has 0 aliphatic rings. The minimum absolute atomic E-state index is 0.132. The van der Waals surface area contributed by atoms with Crippen LogP contribution in [0.1, 0.15) is 21.7 Å². The minimum Gasteiger partial charge on any atom is -0.478 e. The predicted molar refractivity (Wildman–Crippen MR) is 72.5 cm³/mol. The number of rotatable bonds is 2. The summed E-state index contributed by atoms with van der Waals surface area (Å²) in [4.78, 5) is 22.5. The van der Waals surface area contributed by atoms with Crippen LogP contribution in [0, 0.1) is 13.8 Å². The van der Waals surface area contributed by atoms with E-state index in [0.29, 0.717) is 17.0 Å². The Morgan fingerprint density at radius 1 is 1.40 bits per heavy atom. The Hall–Kier alpha value is -2.70. The molecule has 20 heavy (non-hydrogen) atoms. The molecule has 0 radical (unpaired) electrons. The molecule has 0 fully saturated rings. The normalized spacial score (nSPS) is 11.2. The maximum absolute atomic E-state index is 10.9. The molecule has 0 atom stereocenters. The summed E-state index contributed by atoms with van der Waals surface area (Å²) in [5.41, 5.74) is 3.99. The number of hydrogen-bond acceptors (Lipinski definition) is 4. The summed E-state index contributed by atoms with van der Waals surface area (Å²) in [6.45, 7) is 3.87. The summed E-state index contributed by atoms with van der Waals surface area (Å²) >= 11 is 0. The van der Waals surface area contributed by atoms with Gasteiger partial charge in [-0.1, -0.05) is 0 Å². The Morgan fingerprint density at radius 3 is 2.75 bits per heavy atom. The summed E-state index contributed by atoms with van der Waals surface area (Å²) < 4.78 is 1.79. The lowest BCUT2D eigenvalue weighted by atomic mass is 10.2. The van der Waals surface area contributed by atoms with Gasteiger partial charge in [-0.3, -0.25) is 4.68 Å². The fourth-order valence-electron chi connectivity index (χ4n) is 2.25. The van der Waals surface area contributed by atoms with Gasteiger partial charge in [0, 0.05) is 18.9 Å². The number of carbonyl (C=O) groups is 1. The monoisotopic (exact) mass is 271 g/mol. The number of aromatic nitrogens is 5. The Bertz CT molecular complexity index is 831. The molecule has 0 spiro atoms. The van der Waals surface area contributed by atoms with Crippen LogP contribution < -0.4 is 0 Å². The van der Waals surface area contributed by atoms with Crippen molar-refractivity contribution in [3.8, 4) is 11.4 Å². The maximum atomic E-state index is 10.9. The van der Waals surface area contributed by atoms with E-state index in [1.807, 2.05) is 20.9 Å². The molecule has 0 aliphatic carbocycles. The lowest BCUT2D eigenvalue weighted by molar-refractivity contribution is 0.0696. The minimum atomic E-state index is -1.01. The molecule has 0 saturated carbocycles. The van der Waals surface area contributed by atoms with E-state index in [0.717, 1.165) is 17.0 Å². The summed E-state index contributed by atoms with van der Waals surface area (Å²) in [5, 5.41) is 13.3. The fraction of sp³-hybridized carbons (Fsp3) is 0.231. The Labute approximate surface area is 114 Å². The second kappa shape index (κ2) is 4.16. The van der Waals surface area contributed by atoms with Gasteiger partial charge in [-0.2, -0.15) is 5.10 Å². The third-order valence-corrected chi connectivity index (χ3v) is 3.33. The number of nitrogens with one attached hydrogen (secondary N) is 1. The van der Waals surface area contributed by atoms with E-state index in [-0.39, 0.29) is 5.56 Å². The number of aryl methyl sites for hydroxylation is 2. The fourth-order valence-corrected chi connectivity index (χ4v) is 2.25. The van der Waals surface area contributed by atoms with Gasteiger partial charge in [0.05, 0.1) is 22.3 Å². The molecule has 2 N–H and O–H groups in total. The van der Waals surface area contributed by atoms with E-state index in [4.69, 9.17) is 5.11 Å². The van der Waals surface area contributed by atoms with Gasteiger partial charge in [0.15, 0.2) is 5.65 Å². The molecular weight excluding hydrogens is 258 g/mol. The third kappa shape index (κ3) is 1.75. The van der Waals surface area contributed by atoms with Crippen LogP contribution >= 0.6 is 0 Å². The number of H-pyrrole nitrogens is 1. The Morgan fingerprint density at radius 2 is 2.15 bits per heavy atom. The molecule has 0 bridgehead atoms. The van der Waals surface area contributed by atoms with E-state index < -0.39 is 5.97 Å². The van der Waals surface area contributed by atoms with Crippen LogP contribution in [0.15, 0.2) is 12.3 Å². The van der Waals surface area contributed by atoms with Crippen LogP contribution in [0.4, 0.5) is 0 Å². The average Bonchev–Trinajstić information content (AvgIpc) is 2.90. The number of imidazole rings is 1. The zero-order valence-electron chi connectivity index (χ0n) is 11.3. The smallest absolute Gasteiger partial charge is 0.337 e. The number of pyridine rings is 1. The van der Waals surface area contributed by atoms with Gasteiger partial charge < -0.3 is 10.1 Å². The first kappa shape index (κ1) is 12.3. The molecule has 0 saturated heterocycles. The van der Waals surface area contributed by atoms with Crippen LogP contribution in [0.3, 0.4) is 0 Å². The Balaban J connectivity index is 2.20. The summed E-state index contributed by atoms with van der Waals surface area (Å²) in [6.07, 6.45) is 1.30. The SMILES string of the molecule is Cc1nn(C)c(C)c1-c1nc2ncc(C(=O)O)cc2[nH]1. The summed E-state index contributed by atoms with van der Waals surface area (Å²) in [6, 6.07) is 1.53. The zero-order valence-corrected chi connectivity index (χ0v) is 11.3. The molecule has 0 aromatic carbocycles. The molecule has 3 rings (SSSR count). The van der Waals surface area contributed by atoms with E-state index in [2.05, 4.69) is 20.1 Å². The molecule has 0 unspecified atom stereocenters. The second-order valence-corrected chi connectivity index (χ2v) is 4.66. The van der Waals surface area contributed by atoms with Crippen molar-refractivity contribution in [1.29, 1.82) is 0 Å². The molecule has 0 aliphatic heterocycles. The van der Waals surface area contributed by atoms with E-state index in [9.17, 15) is 4.79 Å². The van der Waals surface area contributed by atoms with Gasteiger partial charge in [0.2, 0.25) is 0 Å². The number of carboxylic acid groups (broad SMARTS) is 1. The molecule has 3 aromatic heterocycles. The number of nitrogens with zero attached hydrogens (tertiary/aromatic N) is 4. The highest BCUT2D eigenvalue weighted by Crippen LogP contribution is 2.25. The second-order valence-electron chi connectivity index (χ2n) is 4.66. The Kier molecular flexibility index (Phi) is 2.56. The van der Waals surface area contributed by atoms with Crippen molar-refractivity contribution in [2.45, 2.75) is 13.8 Å². The van der Waals surface area contributed by atoms with Crippen LogP contribution in [0.25, 0.3) is 22.6 Å². The largest absolute Gasteiger partial charge is 0.478 e. The topological polar surface area (TPSA) is 96.7 Å². The molecule has 7 heteroatoms. The van der Waals surface area contributed by atoms with Crippen LogP contribution in [-0.4, -0.2) is 35.8 Å². The first-order valence-electron chi connectivity index (χ1n) is 6.07. The van der Waals surface area contributed by atoms with Crippen LogP contribution in [-0.2, 0) is 7.05 Å². The number of aromatic carboxylic acids is 1. The molecule has 3 heterocycles. The van der Waals surface area contributed by atoms with Crippen molar-refractivity contribution in [3.63, 3.8) is 0 Å². The van der Waals surface area contributed by atoms with Gasteiger partial charge >= 0.3 is 5.97 Å². The lowest BCUT2D eigenvalue weighted by Gasteiger charge is -1.96. The van der Waals surface area contributed by atoms with Crippen molar-refractivity contribution in [3.05, 3.63) is 29.2 Å². The molecule has 102 valence electrons. The summed E-state index contributed by atoms with van der Waals surface area (Å²) in [7, 11) is 1.87. The van der Waals surface area contributed by atoms with Crippen molar-refractivity contribution >= 4 is 17.1 Å². The first-order valence-corrected chi connectivity index (χ1v) is 6.07. The van der Waals surface area contributed by atoms with E-state index in [1.165, 1.54) is 12.3 Å². The zero-order chi connectivity index (χ0) is 14.4. The highest BCUT2D eigenvalue weighted by atomic mass is 16.4. The van der Waals surface area contributed by atoms with Crippen LogP contribution in [0.5, 0.6) is 0 Å². The van der Waals surface area contributed by atoms with Crippen molar-refractivity contribution in [2.24, 2.45) is 7.05 Å². The van der Waals surface area contributed by atoms with Gasteiger partial charge in [-0.15, -0.1) is 0 Å². The van der Waals surface area contributed by atoms with Gasteiger partial charge in [-0.05, 0) is 19.9 Å². The molecule has 3 aromatic rings. The van der Waals surface area contributed by atoms with E-state index >= 15 is 0 Å². The third-order valence-electron chi connectivity index (χ3n) is 3.33. The molecule has 7 nitrogen and oxygen atoms in total. The van der Waals surface area contributed by atoms with Crippen molar-refractivity contribution < 1.29 is 9.90 Å². The van der Waals surface area contributed by atoms with Gasteiger partial charge in [0.25, 0.3) is 0 Å². The number of carboxylic acids is 1. The first-order chi connectivity index (χ1) is 9.47. The van der Waals surface area contributed by atoms with Crippen LogP contribution in [0.2, 0.25) is 0 Å². The molecule has 0 amide bonds. The predicted octanol–water partition coefficient (Wildman–Crippen LogP) is 1.67. The van der Waals surface area contributed by atoms with Crippen molar-refractivity contribution in [2.75, 3.05) is 0 Å². The standard InChI is InChI=1S/C13H13N5O2/c1-6-10(7(2)18(3)17-6)12-15-9-4-8(13(19)20)5-14-11(9)16-12/h4-5H,1-3H3,(H,19,20)(H,14,15,16). The van der Waals surface area contributed by atoms with Gasteiger partial charge in [0.1, 0.15) is 5.82 Å². The van der Waals surface area contributed by atoms with Crippen molar-refractivity contribution in [1.82, 2.24) is 24.7 Å². The highest BCUT2D eigenvalue weighted by Gasteiger charge is 2.16. The average molecular weight is 271 g/mol. The number of aromatic amines is 1. The quantitative estimate of drug-likeness (QED) is 0.739.